The molecular formula is C14H14F3NO5. The number of ether oxygens (including phenoxy) is 2. The predicted octanol–water partition coefficient (Wildman–Crippen LogP) is 2.67. The second-order valence-corrected chi connectivity index (χ2v) is 4.28. The summed E-state index contributed by atoms with van der Waals surface area (Å²) in [6, 6.07) is 3.40. The van der Waals surface area contributed by atoms with Gasteiger partial charge < -0.3 is 19.9 Å². The minimum absolute atomic E-state index is 0.0792. The second kappa shape index (κ2) is 8.06. The Hall–Kier alpha value is -2.71. The maximum atomic E-state index is 12.0. The van der Waals surface area contributed by atoms with Gasteiger partial charge in [0.2, 0.25) is 0 Å². The van der Waals surface area contributed by atoms with Gasteiger partial charge >= 0.3 is 18.2 Å². The van der Waals surface area contributed by atoms with Gasteiger partial charge in [-0.2, -0.15) is 13.2 Å². The van der Waals surface area contributed by atoms with Gasteiger partial charge in [-0.15, -0.1) is 0 Å². The molecule has 1 unspecified atom stereocenters. The summed E-state index contributed by atoms with van der Waals surface area (Å²) in [4.78, 5) is 22.6. The standard InChI is InChI=1S/C14H14F3NO5/c1-2-7-22-13(21)18-11(12(19)20)9-3-5-10(6-4-9)23-8-14(15,16)17/h2-6,11H,1,7-8H2,(H,18,21)(H,19,20). The van der Waals surface area contributed by atoms with Crippen molar-refractivity contribution in [3.63, 3.8) is 0 Å². The smallest absolute Gasteiger partial charge is 0.422 e. The zero-order valence-corrected chi connectivity index (χ0v) is 11.8. The van der Waals surface area contributed by atoms with Crippen molar-refractivity contribution < 1.29 is 37.3 Å². The number of amides is 1. The summed E-state index contributed by atoms with van der Waals surface area (Å²) in [5.41, 5.74) is 0.146. The van der Waals surface area contributed by atoms with E-state index in [1.165, 1.54) is 30.3 Å². The van der Waals surface area contributed by atoms with E-state index in [9.17, 15) is 22.8 Å². The van der Waals surface area contributed by atoms with Crippen LogP contribution in [0.3, 0.4) is 0 Å². The molecule has 0 saturated heterocycles. The molecule has 0 aliphatic carbocycles. The number of alkyl carbamates (subject to hydrolysis) is 1. The van der Waals surface area contributed by atoms with Crippen LogP contribution in [0.4, 0.5) is 18.0 Å². The van der Waals surface area contributed by atoms with Crippen molar-refractivity contribution in [2.45, 2.75) is 12.2 Å². The number of carboxylic acids is 1. The molecule has 1 atom stereocenters. The summed E-state index contributed by atoms with van der Waals surface area (Å²) in [6.45, 7) is 1.78. The normalized spacial score (nSPS) is 12.1. The summed E-state index contributed by atoms with van der Waals surface area (Å²) >= 11 is 0. The van der Waals surface area contributed by atoms with Crippen LogP contribution in [-0.2, 0) is 9.53 Å². The monoisotopic (exact) mass is 333 g/mol. The molecular weight excluding hydrogens is 319 g/mol. The molecule has 9 heteroatoms. The number of carbonyl (C=O) groups is 2. The minimum Gasteiger partial charge on any atom is -0.484 e. The fraction of sp³-hybridized carbons (Fsp3) is 0.286. The summed E-state index contributed by atoms with van der Waals surface area (Å²) in [6.07, 6.45) is -4.13. The largest absolute Gasteiger partial charge is 0.484 e. The van der Waals surface area contributed by atoms with Gasteiger partial charge in [-0.1, -0.05) is 24.8 Å². The first-order chi connectivity index (χ1) is 10.7. The first-order valence-electron chi connectivity index (χ1n) is 6.29. The van der Waals surface area contributed by atoms with Crippen LogP contribution >= 0.6 is 0 Å². The average Bonchev–Trinajstić information content (AvgIpc) is 2.48. The molecule has 1 aromatic carbocycles. The van der Waals surface area contributed by atoms with Crippen molar-refractivity contribution in [1.82, 2.24) is 5.32 Å². The summed E-state index contributed by atoms with van der Waals surface area (Å²) in [5.74, 6) is -1.44. The maximum absolute atomic E-state index is 12.0. The molecule has 6 nitrogen and oxygen atoms in total. The van der Waals surface area contributed by atoms with Crippen LogP contribution in [0.1, 0.15) is 11.6 Å². The molecule has 1 aromatic rings. The number of benzene rings is 1. The Morgan fingerprint density at radius 3 is 2.39 bits per heavy atom. The fourth-order valence-electron chi connectivity index (χ4n) is 1.50. The van der Waals surface area contributed by atoms with Crippen LogP contribution in [0.2, 0.25) is 0 Å². The summed E-state index contributed by atoms with van der Waals surface area (Å²) < 4.78 is 45.2. The number of aliphatic carboxylic acids is 1. The molecule has 0 spiro atoms. The predicted molar refractivity (Wildman–Crippen MR) is 73.0 cm³/mol. The van der Waals surface area contributed by atoms with E-state index in [4.69, 9.17) is 5.11 Å². The summed E-state index contributed by atoms with van der Waals surface area (Å²) in [7, 11) is 0. The molecule has 0 fully saturated rings. The van der Waals surface area contributed by atoms with Crippen molar-refractivity contribution in [3.05, 3.63) is 42.5 Å². The molecule has 0 saturated carbocycles. The average molecular weight is 333 g/mol. The highest BCUT2D eigenvalue weighted by atomic mass is 19.4. The SMILES string of the molecule is C=CCOC(=O)NC(C(=O)O)c1ccc(OCC(F)(F)F)cc1. The number of alkyl halides is 3. The third-order valence-corrected chi connectivity index (χ3v) is 2.46. The molecule has 0 heterocycles. The number of hydrogen-bond donors (Lipinski definition) is 2. The van der Waals surface area contributed by atoms with E-state index in [1.54, 1.807) is 0 Å². The van der Waals surface area contributed by atoms with Crippen molar-refractivity contribution in [2.75, 3.05) is 13.2 Å². The van der Waals surface area contributed by atoms with Crippen LogP contribution in [0, 0.1) is 0 Å². The Morgan fingerprint density at radius 2 is 1.91 bits per heavy atom. The third kappa shape index (κ3) is 6.72. The molecule has 1 amide bonds. The summed E-state index contributed by atoms with van der Waals surface area (Å²) in [5, 5.41) is 11.2. The quantitative estimate of drug-likeness (QED) is 0.750. The fourth-order valence-corrected chi connectivity index (χ4v) is 1.50. The first kappa shape index (κ1) is 18.3. The van der Waals surface area contributed by atoms with Crippen molar-refractivity contribution in [2.24, 2.45) is 0 Å². The number of hydrogen-bond acceptors (Lipinski definition) is 4. The molecule has 0 aliphatic heterocycles. The number of nitrogens with one attached hydrogen (secondary N) is 1. The van der Waals surface area contributed by atoms with Crippen molar-refractivity contribution >= 4 is 12.1 Å². The number of rotatable bonds is 7. The highest BCUT2D eigenvalue weighted by Gasteiger charge is 2.28. The van der Waals surface area contributed by atoms with Gasteiger partial charge in [0.1, 0.15) is 12.4 Å². The Labute approximate surface area is 129 Å². The zero-order chi connectivity index (χ0) is 17.5. The molecule has 0 radical (unpaired) electrons. The number of halogens is 3. The minimum atomic E-state index is -4.47. The van der Waals surface area contributed by atoms with Crippen LogP contribution in [0.25, 0.3) is 0 Å². The van der Waals surface area contributed by atoms with E-state index in [1.807, 2.05) is 0 Å². The Morgan fingerprint density at radius 1 is 1.30 bits per heavy atom. The van der Waals surface area contributed by atoms with E-state index in [0.717, 1.165) is 0 Å². The number of carbonyl (C=O) groups excluding carboxylic acids is 1. The van der Waals surface area contributed by atoms with Gasteiger partial charge in [-0.05, 0) is 17.7 Å². The molecule has 0 aromatic heterocycles. The molecule has 0 aliphatic rings. The molecule has 0 bridgehead atoms. The van der Waals surface area contributed by atoms with Gasteiger partial charge in [0.05, 0.1) is 0 Å². The van der Waals surface area contributed by atoms with Gasteiger partial charge in [0.25, 0.3) is 0 Å². The van der Waals surface area contributed by atoms with Crippen LogP contribution < -0.4 is 10.1 Å². The molecule has 23 heavy (non-hydrogen) atoms. The van der Waals surface area contributed by atoms with Gasteiger partial charge in [-0.3, -0.25) is 0 Å². The Kier molecular flexibility index (Phi) is 6.43. The molecule has 2 N–H and O–H groups in total. The topological polar surface area (TPSA) is 84.9 Å². The van der Waals surface area contributed by atoms with E-state index >= 15 is 0 Å². The second-order valence-electron chi connectivity index (χ2n) is 4.28. The zero-order valence-electron chi connectivity index (χ0n) is 11.8. The number of carboxylic acid groups (broad SMARTS) is 1. The van der Waals surface area contributed by atoms with E-state index in [2.05, 4.69) is 21.4 Å². The van der Waals surface area contributed by atoms with E-state index in [0.29, 0.717) is 0 Å². The lowest BCUT2D eigenvalue weighted by molar-refractivity contribution is -0.153. The lowest BCUT2D eigenvalue weighted by Gasteiger charge is -2.15. The van der Waals surface area contributed by atoms with Crippen molar-refractivity contribution in [1.29, 1.82) is 0 Å². The van der Waals surface area contributed by atoms with Crippen LogP contribution in [0.15, 0.2) is 36.9 Å². The van der Waals surface area contributed by atoms with Gasteiger partial charge in [0, 0.05) is 0 Å². The lowest BCUT2D eigenvalue weighted by atomic mass is 10.1. The van der Waals surface area contributed by atoms with Gasteiger partial charge in [0.15, 0.2) is 12.6 Å². The van der Waals surface area contributed by atoms with Gasteiger partial charge in [-0.25, -0.2) is 9.59 Å². The lowest BCUT2D eigenvalue weighted by Crippen LogP contribution is -2.34. The van der Waals surface area contributed by atoms with Crippen molar-refractivity contribution in [3.8, 4) is 5.75 Å². The Balaban J connectivity index is 2.74. The maximum Gasteiger partial charge on any atom is 0.422 e. The van der Waals surface area contributed by atoms with Crippen LogP contribution in [0.5, 0.6) is 5.75 Å². The first-order valence-corrected chi connectivity index (χ1v) is 6.29. The highest BCUT2D eigenvalue weighted by Crippen LogP contribution is 2.21. The Bertz CT molecular complexity index is 557. The van der Waals surface area contributed by atoms with E-state index in [-0.39, 0.29) is 17.9 Å². The molecule has 1 rings (SSSR count). The third-order valence-electron chi connectivity index (χ3n) is 2.46. The van der Waals surface area contributed by atoms with E-state index < -0.39 is 30.9 Å². The van der Waals surface area contributed by atoms with Crippen LogP contribution in [-0.4, -0.2) is 36.6 Å². The molecule has 126 valence electrons. The highest BCUT2D eigenvalue weighted by molar-refractivity contribution is 5.81.